The van der Waals surface area contributed by atoms with Crippen molar-refractivity contribution in [3.63, 3.8) is 0 Å². The highest BCUT2D eigenvalue weighted by Crippen LogP contribution is 2.38. The maximum atomic E-state index is 5.73. The van der Waals surface area contributed by atoms with Gasteiger partial charge in [-0.1, -0.05) is 19.9 Å². The number of hydrogen-bond acceptors (Lipinski definition) is 3. The summed E-state index contributed by atoms with van der Waals surface area (Å²) in [5.41, 5.74) is 11.7. The second-order valence-electron chi connectivity index (χ2n) is 5.38. The first-order valence-corrected chi connectivity index (χ1v) is 6.75. The van der Waals surface area contributed by atoms with Gasteiger partial charge in [0, 0.05) is 18.0 Å². The molecule has 0 amide bonds. The molecular formula is C14H27N3. The summed E-state index contributed by atoms with van der Waals surface area (Å²) in [5, 5.41) is 4.62. The van der Waals surface area contributed by atoms with Crippen molar-refractivity contribution in [2.75, 3.05) is 6.54 Å². The van der Waals surface area contributed by atoms with Crippen molar-refractivity contribution >= 4 is 5.71 Å². The lowest BCUT2D eigenvalue weighted by Crippen LogP contribution is -2.36. The SMILES string of the molecule is C/C=C1\CCCC(C)(CC)\C1=N\NCC(C)N. The van der Waals surface area contributed by atoms with Crippen molar-refractivity contribution in [1.82, 2.24) is 5.43 Å². The van der Waals surface area contributed by atoms with Gasteiger partial charge in [0.25, 0.3) is 0 Å². The number of hydrogen-bond donors (Lipinski definition) is 2. The Morgan fingerprint density at radius 1 is 1.59 bits per heavy atom. The molecule has 0 heterocycles. The molecule has 1 fully saturated rings. The summed E-state index contributed by atoms with van der Waals surface area (Å²) in [6.07, 6.45) is 7.02. The van der Waals surface area contributed by atoms with Gasteiger partial charge in [-0.2, -0.15) is 5.10 Å². The van der Waals surface area contributed by atoms with E-state index in [2.05, 4.69) is 37.4 Å². The molecule has 2 atom stereocenters. The molecule has 17 heavy (non-hydrogen) atoms. The first kappa shape index (κ1) is 14.2. The number of nitrogens with two attached hydrogens (primary N) is 1. The van der Waals surface area contributed by atoms with Crippen LogP contribution in [-0.2, 0) is 0 Å². The van der Waals surface area contributed by atoms with E-state index in [1.54, 1.807) is 0 Å². The predicted octanol–water partition coefficient (Wildman–Crippen LogP) is 2.83. The summed E-state index contributed by atoms with van der Waals surface area (Å²) in [5.74, 6) is 0. The van der Waals surface area contributed by atoms with Crippen LogP contribution in [0.4, 0.5) is 0 Å². The Kier molecular flexibility index (Phi) is 5.19. The maximum Gasteiger partial charge on any atom is 0.0690 e. The van der Waals surface area contributed by atoms with Gasteiger partial charge >= 0.3 is 0 Å². The molecular weight excluding hydrogens is 210 g/mol. The van der Waals surface area contributed by atoms with Crippen molar-refractivity contribution < 1.29 is 0 Å². The zero-order valence-corrected chi connectivity index (χ0v) is 11.7. The maximum absolute atomic E-state index is 5.73. The van der Waals surface area contributed by atoms with Crippen LogP contribution in [0, 0.1) is 5.41 Å². The van der Waals surface area contributed by atoms with E-state index in [9.17, 15) is 0 Å². The van der Waals surface area contributed by atoms with Crippen LogP contribution in [0.2, 0.25) is 0 Å². The van der Waals surface area contributed by atoms with E-state index in [4.69, 9.17) is 5.73 Å². The Bertz CT molecular complexity index is 305. The largest absolute Gasteiger partial charge is 0.326 e. The lowest BCUT2D eigenvalue weighted by Gasteiger charge is -2.35. The molecule has 1 aliphatic carbocycles. The van der Waals surface area contributed by atoms with Gasteiger partial charge in [0.2, 0.25) is 0 Å². The second-order valence-corrected chi connectivity index (χ2v) is 5.38. The van der Waals surface area contributed by atoms with Crippen LogP contribution >= 0.6 is 0 Å². The van der Waals surface area contributed by atoms with Crippen LogP contribution in [-0.4, -0.2) is 18.3 Å². The van der Waals surface area contributed by atoms with Gasteiger partial charge in [0.05, 0.1) is 5.71 Å². The second kappa shape index (κ2) is 6.20. The molecule has 0 aromatic carbocycles. The van der Waals surface area contributed by atoms with E-state index in [1.807, 2.05) is 6.92 Å². The zero-order valence-electron chi connectivity index (χ0n) is 11.7. The van der Waals surface area contributed by atoms with Crippen molar-refractivity contribution in [2.24, 2.45) is 16.3 Å². The molecule has 0 spiro atoms. The summed E-state index contributed by atoms with van der Waals surface area (Å²) in [6.45, 7) is 9.41. The minimum absolute atomic E-state index is 0.143. The lowest BCUT2D eigenvalue weighted by atomic mass is 9.70. The predicted molar refractivity (Wildman–Crippen MR) is 75.1 cm³/mol. The molecule has 98 valence electrons. The van der Waals surface area contributed by atoms with Gasteiger partial charge in [-0.3, -0.25) is 0 Å². The summed E-state index contributed by atoms with van der Waals surface area (Å²) in [6, 6.07) is 0.143. The van der Waals surface area contributed by atoms with E-state index < -0.39 is 0 Å². The van der Waals surface area contributed by atoms with Gasteiger partial charge in [-0.05, 0) is 45.1 Å². The molecule has 0 saturated heterocycles. The number of hydrazone groups is 1. The van der Waals surface area contributed by atoms with Crippen molar-refractivity contribution in [3.8, 4) is 0 Å². The average molecular weight is 237 g/mol. The van der Waals surface area contributed by atoms with Gasteiger partial charge < -0.3 is 11.2 Å². The molecule has 2 unspecified atom stereocenters. The summed E-state index contributed by atoms with van der Waals surface area (Å²) < 4.78 is 0. The highest BCUT2D eigenvalue weighted by molar-refractivity contribution is 6.04. The van der Waals surface area contributed by atoms with Crippen molar-refractivity contribution in [2.45, 2.75) is 59.4 Å². The number of nitrogens with zero attached hydrogens (tertiary/aromatic N) is 1. The molecule has 1 rings (SSSR count). The highest BCUT2D eigenvalue weighted by Gasteiger charge is 2.34. The van der Waals surface area contributed by atoms with E-state index in [0.29, 0.717) is 0 Å². The standard InChI is InChI=1S/C14H27N3/c1-5-12-8-7-9-14(4,6-2)13(12)17-16-10-11(3)15/h5,11,16H,6-10,15H2,1-4H3/b12-5+,17-13+. The molecule has 0 aromatic rings. The molecule has 1 saturated carbocycles. The van der Waals surface area contributed by atoms with Crippen LogP contribution in [0.5, 0.6) is 0 Å². The highest BCUT2D eigenvalue weighted by atomic mass is 15.3. The molecule has 1 aliphatic rings. The lowest BCUT2D eigenvalue weighted by molar-refractivity contribution is 0.378. The summed E-state index contributed by atoms with van der Waals surface area (Å²) >= 11 is 0. The fourth-order valence-electron chi connectivity index (χ4n) is 2.39. The van der Waals surface area contributed by atoms with E-state index in [0.717, 1.165) is 19.4 Å². The van der Waals surface area contributed by atoms with Crippen LogP contribution < -0.4 is 11.2 Å². The third-order valence-electron chi connectivity index (χ3n) is 3.78. The zero-order chi connectivity index (χ0) is 12.9. The number of nitrogens with one attached hydrogen (secondary N) is 1. The van der Waals surface area contributed by atoms with E-state index >= 15 is 0 Å². The third kappa shape index (κ3) is 3.56. The fraction of sp³-hybridized carbons (Fsp3) is 0.786. The molecule has 3 heteroatoms. The van der Waals surface area contributed by atoms with E-state index in [1.165, 1.54) is 24.1 Å². The van der Waals surface area contributed by atoms with Crippen LogP contribution in [0.25, 0.3) is 0 Å². The normalized spacial score (nSPS) is 31.8. The quantitative estimate of drug-likeness (QED) is 0.739. The van der Waals surface area contributed by atoms with Crippen LogP contribution in [0.15, 0.2) is 16.8 Å². The molecule has 3 nitrogen and oxygen atoms in total. The third-order valence-corrected chi connectivity index (χ3v) is 3.78. The fourth-order valence-corrected chi connectivity index (χ4v) is 2.39. The smallest absolute Gasteiger partial charge is 0.0690 e. The van der Waals surface area contributed by atoms with Gasteiger partial charge in [-0.25, -0.2) is 0 Å². The minimum atomic E-state index is 0.143. The topological polar surface area (TPSA) is 50.4 Å². The Labute approximate surface area is 106 Å². The van der Waals surface area contributed by atoms with Crippen LogP contribution in [0.1, 0.15) is 53.4 Å². The molecule has 0 radical (unpaired) electrons. The molecule has 3 N–H and O–H groups in total. The first-order valence-electron chi connectivity index (χ1n) is 6.75. The molecule has 0 aliphatic heterocycles. The monoisotopic (exact) mass is 237 g/mol. The Morgan fingerprint density at radius 3 is 2.82 bits per heavy atom. The number of rotatable bonds is 4. The molecule has 0 aromatic heterocycles. The minimum Gasteiger partial charge on any atom is -0.326 e. The summed E-state index contributed by atoms with van der Waals surface area (Å²) in [4.78, 5) is 0. The van der Waals surface area contributed by atoms with E-state index in [-0.39, 0.29) is 11.5 Å². The van der Waals surface area contributed by atoms with Gasteiger partial charge in [0.15, 0.2) is 0 Å². The van der Waals surface area contributed by atoms with Gasteiger partial charge in [-0.15, -0.1) is 0 Å². The Morgan fingerprint density at radius 2 is 2.29 bits per heavy atom. The molecule has 0 bridgehead atoms. The van der Waals surface area contributed by atoms with Crippen molar-refractivity contribution in [1.29, 1.82) is 0 Å². The number of allylic oxidation sites excluding steroid dienone is 2. The van der Waals surface area contributed by atoms with Gasteiger partial charge in [0.1, 0.15) is 0 Å². The average Bonchev–Trinajstić information content (AvgIpc) is 2.30. The first-order chi connectivity index (χ1) is 8.03. The van der Waals surface area contributed by atoms with Crippen molar-refractivity contribution in [3.05, 3.63) is 11.6 Å². The summed E-state index contributed by atoms with van der Waals surface area (Å²) in [7, 11) is 0. The Balaban J connectivity index is 2.85. The Hall–Kier alpha value is -0.830. The van der Waals surface area contributed by atoms with Crippen LogP contribution in [0.3, 0.4) is 0 Å².